The first-order chi connectivity index (χ1) is 1.41. The van der Waals surface area contributed by atoms with Gasteiger partial charge in [0.05, 0.1) is 8.89 Å². The highest BCUT2D eigenvalue weighted by atomic mass is 31.1. The molecule has 0 aliphatic carbocycles. The lowest BCUT2D eigenvalue weighted by molar-refractivity contribution is 0.925. The van der Waals surface area contributed by atoms with Gasteiger partial charge in [-0.2, -0.15) is 0 Å². The van der Waals surface area contributed by atoms with Crippen LogP contribution in [0.5, 0.6) is 0 Å². The maximum atomic E-state index is 10.3. The number of rotatable bonds is 0. The Morgan fingerprint density at radius 2 is 0.127 bits per heavy atom. The van der Waals surface area contributed by atoms with E-state index < -0.39 is 8.89 Å². The number of hydrogen-bond donors (Lipinski definition) is 0. The summed E-state index contributed by atoms with van der Waals surface area (Å²) in [5, 5.41) is 0. The molecular formula is C53H212FP. The van der Waals surface area contributed by atoms with Gasteiger partial charge in [-0.15, -0.1) is 0 Å². The molecule has 0 aromatic rings. The molecule has 0 N–H and O–H groups in total. The molecule has 0 aromatic carbocycles. The highest BCUT2D eigenvalue weighted by Crippen LogP contribution is 1.97. The van der Waals surface area contributed by atoms with Crippen molar-refractivity contribution in [3.63, 3.8) is 0 Å². The molecule has 0 nitrogen and oxygen atoms in total. The van der Waals surface area contributed by atoms with E-state index in [-0.39, 0.29) is 386 Å². The van der Waals surface area contributed by atoms with Gasteiger partial charge in [0.1, 0.15) is 0 Å². The van der Waals surface area contributed by atoms with Crippen LogP contribution in [0.4, 0.5) is 4.20 Å². The molecule has 1 unspecified atom stereocenters. The molecule has 0 aliphatic rings. The molecule has 0 bridgehead atoms. The number of hydrogen-bond acceptors (Lipinski definition) is 0. The summed E-state index contributed by atoms with van der Waals surface area (Å²) < 4.78 is 10.3. The quantitative estimate of drug-likeness (QED) is 0.213. The molecule has 0 fully saturated rings. The van der Waals surface area contributed by atoms with Crippen LogP contribution in [0.1, 0.15) is 386 Å². The Bertz CT molecular complexity index is 14.4. The molecule has 0 aromatic heterocycles. The lowest BCUT2D eigenvalue weighted by Crippen LogP contribution is -1.03. The van der Waals surface area contributed by atoms with Crippen LogP contribution in [0.25, 0.3) is 0 Å². The molecule has 0 spiro atoms. The van der Waals surface area contributed by atoms with Gasteiger partial charge in [-0.3, -0.25) is 0 Å². The van der Waals surface area contributed by atoms with Crippen molar-refractivity contribution in [2.45, 2.75) is 386 Å². The van der Waals surface area contributed by atoms with Crippen LogP contribution >= 0.6 is 8.89 Å². The minimum absolute atomic E-state index is 0. The summed E-state index contributed by atoms with van der Waals surface area (Å²) in [7, 11) is -0.417. The summed E-state index contributed by atoms with van der Waals surface area (Å²) in [4.78, 5) is 0. The highest BCUT2D eigenvalue weighted by molar-refractivity contribution is 7.30. The zero-order valence-corrected chi connectivity index (χ0v) is 2.88. The van der Waals surface area contributed by atoms with E-state index in [4.69, 9.17) is 0 Å². The predicted octanol–water partition coefficient (Wildman–Crippen LogP) is 34.3. The van der Waals surface area contributed by atoms with Crippen LogP contribution in [-0.4, -0.2) is 6.66 Å². The Hall–Kier alpha value is 0.360. The van der Waals surface area contributed by atoms with Crippen molar-refractivity contribution in [1.29, 1.82) is 0 Å². The van der Waals surface area contributed by atoms with Gasteiger partial charge < -0.3 is 0 Å². The van der Waals surface area contributed by atoms with Gasteiger partial charge in [0.15, 0.2) is 0 Å². The van der Waals surface area contributed by atoms with Crippen molar-refractivity contribution in [1.82, 2.24) is 0 Å². The van der Waals surface area contributed by atoms with E-state index in [2.05, 4.69) is 0 Å². The summed E-state index contributed by atoms with van der Waals surface area (Å²) >= 11 is 0. The third-order valence-corrected chi connectivity index (χ3v) is 0. The molecule has 0 saturated carbocycles. The van der Waals surface area contributed by atoms with Crippen LogP contribution in [0, 0.1) is 0 Å². The standard InChI is InChI=1S/CH4FP.52CH4/c1-3-2;;;;;;;;;;;;;;;;;;;;;;;;;;;;;;;;;;;;;;;;;;;;;;;;;;;;/h3H,1H3;52*1H4. The maximum absolute atomic E-state index is 10.3. The number of halogens is 1. The van der Waals surface area contributed by atoms with Crippen LogP contribution in [-0.2, 0) is 0 Å². The molecule has 2 heteroatoms. The van der Waals surface area contributed by atoms with Gasteiger partial charge in [0.2, 0.25) is 0 Å². The Morgan fingerprint density at radius 3 is 0.127 bits per heavy atom. The topological polar surface area (TPSA) is 0 Å². The first-order valence-electron chi connectivity index (χ1n) is 0.689. The molecule has 0 heterocycles. The lowest BCUT2D eigenvalue weighted by Gasteiger charge is -1.45. The van der Waals surface area contributed by atoms with Gasteiger partial charge in [0, 0.05) is 0 Å². The van der Waals surface area contributed by atoms with E-state index in [0.717, 1.165) is 0 Å². The van der Waals surface area contributed by atoms with Crippen LogP contribution in [0.15, 0.2) is 0 Å². The average molecular weight is 900 g/mol. The molecular weight excluding hydrogens is 687 g/mol. The van der Waals surface area contributed by atoms with Gasteiger partial charge in [-0.1, -0.05) is 386 Å². The minimum Gasteiger partial charge on any atom is -0.231 e. The van der Waals surface area contributed by atoms with Crippen molar-refractivity contribution >= 4 is 8.89 Å². The van der Waals surface area contributed by atoms with E-state index in [1.807, 2.05) is 0 Å². The van der Waals surface area contributed by atoms with E-state index in [0.29, 0.717) is 0 Å². The molecule has 55 heavy (non-hydrogen) atoms. The second kappa shape index (κ2) is 83700. The predicted molar refractivity (Wildman–Crippen MR) is 365 cm³/mol. The average Bonchev–Trinajstić information content (AvgIpc) is 0.918. The van der Waals surface area contributed by atoms with Gasteiger partial charge in [-0.25, -0.2) is 4.20 Å². The molecule has 0 amide bonds. The maximum Gasteiger partial charge on any atom is 0.0639 e. The summed E-state index contributed by atoms with van der Waals surface area (Å²) in [6.45, 7) is 1.49. The monoisotopic (exact) mass is 900 g/mol. The largest absolute Gasteiger partial charge is 0.231 e. The van der Waals surface area contributed by atoms with Gasteiger partial charge in [-0.05, 0) is 6.66 Å². The van der Waals surface area contributed by atoms with Crippen LogP contribution < -0.4 is 0 Å². The van der Waals surface area contributed by atoms with Gasteiger partial charge in [0.25, 0.3) is 0 Å². The Balaban J connectivity index is -0.0000000000151. The molecule has 1 atom stereocenters. The van der Waals surface area contributed by atoms with Crippen LogP contribution in [0.3, 0.4) is 0 Å². The fraction of sp³-hybridized carbons (Fsp3) is 1.00. The fourth-order valence-corrected chi connectivity index (χ4v) is 0. The van der Waals surface area contributed by atoms with Crippen LogP contribution in [0.2, 0.25) is 0 Å². The van der Waals surface area contributed by atoms with Crippen molar-refractivity contribution < 1.29 is 4.20 Å². The first-order valence-corrected chi connectivity index (χ1v) is 2.07. The van der Waals surface area contributed by atoms with Gasteiger partial charge >= 0.3 is 0 Å². The van der Waals surface area contributed by atoms with Crippen molar-refractivity contribution in [3.05, 3.63) is 0 Å². The fourth-order valence-electron chi connectivity index (χ4n) is 0. The SMILES string of the molecule is C.C.C.C.C.C.C.C.C.C.C.C.C.C.C.C.C.C.C.C.C.C.C.C.C.C.C.C.C.C.C.C.C.C.C.C.C.C.C.C.C.C.C.C.C.C.C.C.C.C.C.C.CPF. The zero-order chi connectivity index (χ0) is 2.71. The Morgan fingerprint density at radius 1 is 0.127 bits per heavy atom. The molecule has 0 rings (SSSR count). The van der Waals surface area contributed by atoms with E-state index in [1.165, 1.54) is 6.66 Å². The Labute approximate surface area is 404 Å². The smallest absolute Gasteiger partial charge is 0.0639 e. The molecule has 0 radical (unpaired) electrons. The summed E-state index contributed by atoms with van der Waals surface area (Å²) in [6, 6.07) is 0. The third kappa shape index (κ3) is 1150000. The van der Waals surface area contributed by atoms with E-state index in [1.54, 1.807) is 0 Å². The zero-order valence-electron chi connectivity index (χ0n) is 1.88. The van der Waals surface area contributed by atoms with Crippen molar-refractivity contribution in [2.24, 2.45) is 0 Å². The second-order valence-corrected chi connectivity index (χ2v) is 0.567. The highest BCUT2D eigenvalue weighted by Gasteiger charge is 1.39. The second-order valence-electron chi connectivity index (χ2n) is 0.189. The molecule has 0 aliphatic heterocycles. The van der Waals surface area contributed by atoms with Crippen molar-refractivity contribution in [2.75, 3.05) is 6.66 Å². The summed E-state index contributed by atoms with van der Waals surface area (Å²) in [6.07, 6.45) is 0. The lowest BCUT2D eigenvalue weighted by atomic mass is 12.0. The first kappa shape index (κ1) is 29400. The van der Waals surface area contributed by atoms with E-state index in [9.17, 15) is 4.20 Å². The Kier molecular flexibility index (Phi) is 44700000. The third-order valence-electron chi connectivity index (χ3n) is 0. The van der Waals surface area contributed by atoms with Crippen molar-refractivity contribution in [3.8, 4) is 0 Å². The van der Waals surface area contributed by atoms with E-state index >= 15 is 0 Å². The molecule has 0 saturated heterocycles. The summed E-state index contributed by atoms with van der Waals surface area (Å²) in [5.74, 6) is 0. The normalized spacial score (nSPS) is 0.545. The summed E-state index contributed by atoms with van der Waals surface area (Å²) in [5.41, 5.74) is 0. The molecule has 436 valence electrons. The minimum atomic E-state index is -0.417.